The number of nitrogens with one attached hydrogen (secondary N) is 1. The van der Waals surface area contributed by atoms with Gasteiger partial charge in [0.1, 0.15) is 0 Å². The fourth-order valence-corrected chi connectivity index (χ4v) is 1.81. The minimum absolute atomic E-state index is 0.191. The molecule has 1 amide bonds. The Hall–Kier alpha value is -2.04. The summed E-state index contributed by atoms with van der Waals surface area (Å²) in [6.07, 6.45) is 1.07. The molecule has 1 aliphatic rings. The van der Waals surface area contributed by atoms with Crippen molar-refractivity contribution in [3.05, 3.63) is 29.3 Å². The quantitative estimate of drug-likeness (QED) is 0.817. The maximum absolute atomic E-state index is 11.7. The van der Waals surface area contributed by atoms with Gasteiger partial charge in [0.25, 0.3) is 5.91 Å². The van der Waals surface area contributed by atoms with Crippen LogP contribution in [0.3, 0.4) is 0 Å². The Labute approximate surface area is 99.0 Å². The van der Waals surface area contributed by atoms with E-state index in [1.807, 2.05) is 4.90 Å². The maximum atomic E-state index is 11.7. The Morgan fingerprint density at radius 1 is 1.35 bits per heavy atom. The normalized spacial score (nSPS) is 14.1. The summed E-state index contributed by atoms with van der Waals surface area (Å²) >= 11 is 0. The molecule has 0 unspecified atom stereocenters. The molecule has 0 radical (unpaired) electrons. The number of carbonyl (C=O) groups is 2. The van der Waals surface area contributed by atoms with Crippen molar-refractivity contribution >= 4 is 17.6 Å². The number of carboxylic acid groups (broad SMARTS) is 1. The molecule has 0 bridgehead atoms. The molecule has 1 saturated heterocycles. The van der Waals surface area contributed by atoms with Crippen LogP contribution in [0.25, 0.3) is 0 Å². The molecule has 0 aromatic heterocycles. The molecule has 0 saturated carbocycles. The number of nitrogens with zero attached hydrogens (tertiary/aromatic N) is 1. The summed E-state index contributed by atoms with van der Waals surface area (Å²) in [7, 11) is 1.56. The summed E-state index contributed by atoms with van der Waals surface area (Å²) in [6, 6.07) is 4.58. The van der Waals surface area contributed by atoms with Crippen molar-refractivity contribution in [2.24, 2.45) is 0 Å². The molecular formula is C12H14N2O3. The zero-order valence-electron chi connectivity index (χ0n) is 9.56. The van der Waals surface area contributed by atoms with Gasteiger partial charge in [-0.3, -0.25) is 4.79 Å². The first-order chi connectivity index (χ1) is 8.13. The fourth-order valence-electron chi connectivity index (χ4n) is 1.81. The van der Waals surface area contributed by atoms with Crippen LogP contribution in [0.1, 0.15) is 27.1 Å². The number of hydrogen-bond donors (Lipinski definition) is 2. The van der Waals surface area contributed by atoms with Crippen LogP contribution >= 0.6 is 0 Å². The molecule has 90 valence electrons. The van der Waals surface area contributed by atoms with Crippen LogP contribution in [0, 0.1) is 0 Å². The molecular weight excluding hydrogens is 220 g/mol. The van der Waals surface area contributed by atoms with E-state index in [0.717, 1.165) is 19.5 Å². The minimum Gasteiger partial charge on any atom is -0.478 e. The molecule has 2 N–H and O–H groups in total. The van der Waals surface area contributed by atoms with Crippen molar-refractivity contribution in [2.75, 3.05) is 25.0 Å². The second-order valence-electron chi connectivity index (χ2n) is 3.96. The predicted molar refractivity (Wildman–Crippen MR) is 63.6 cm³/mol. The van der Waals surface area contributed by atoms with E-state index in [2.05, 4.69) is 5.32 Å². The topological polar surface area (TPSA) is 69.6 Å². The van der Waals surface area contributed by atoms with Gasteiger partial charge in [-0.05, 0) is 24.6 Å². The lowest BCUT2D eigenvalue weighted by molar-refractivity contribution is 0.0696. The van der Waals surface area contributed by atoms with Crippen LogP contribution in [-0.2, 0) is 0 Å². The molecule has 1 heterocycles. The van der Waals surface area contributed by atoms with Crippen molar-refractivity contribution < 1.29 is 14.7 Å². The average molecular weight is 234 g/mol. The SMILES string of the molecule is CNC(=O)c1ccc(C(=O)O)cc1N1CCC1. The van der Waals surface area contributed by atoms with Crippen molar-refractivity contribution in [1.82, 2.24) is 5.32 Å². The Balaban J connectivity index is 2.44. The fraction of sp³-hybridized carbons (Fsp3) is 0.333. The van der Waals surface area contributed by atoms with Crippen LogP contribution in [0.4, 0.5) is 5.69 Å². The second kappa shape index (κ2) is 4.45. The molecule has 1 aromatic rings. The van der Waals surface area contributed by atoms with Gasteiger partial charge in [0, 0.05) is 20.1 Å². The van der Waals surface area contributed by atoms with Crippen LogP contribution < -0.4 is 10.2 Å². The molecule has 0 aliphatic carbocycles. The second-order valence-corrected chi connectivity index (χ2v) is 3.96. The lowest BCUT2D eigenvalue weighted by Gasteiger charge is -2.34. The Morgan fingerprint density at radius 2 is 2.06 bits per heavy atom. The highest BCUT2D eigenvalue weighted by atomic mass is 16.4. The molecule has 17 heavy (non-hydrogen) atoms. The van der Waals surface area contributed by atoms with Crippen LogP contribution in [0.15, 0.2) is 18.2 Å². The summed E-state index contributed by atoms with van der Waals surface area (Å²) in [5, 5.41) is 11.5. The van der Waals surface area contributed by atoms with Gasteiger partial charge in [0.05, 0.1) is 16.8 Å². The molecule has 0 atom stereocenters. The van der Waals surface area contributed by atoms with Crippen molar-refractivity contribution in [1.29, 1.82) is 0 Å². The summed E-state index contributed by atoms with van der Waals surface area (Å²) in [6.45, 7) is 1.74. The van der Waals surface area contributed by atoms with Gasteiger partial charge in [-0.15, -0.1) is 0 Å². The Bertz CT molecular complexity index is 467. The van der Waals surface area contributed by atoms with Gasteiger partial charge in [-0.2, -0.15) is 0 Å². The molecule has 0 spiro atoms. The highest BCUT2D eigenvalue weighted by Crippen LogP contribution is 2.26. The number of carbonyl (C=O) groups excluding carboxylic acids is 1. The highest BCUT2D eigenvalue weighted by molar-refractivity contribution is 6.01. The summed E-state index contributed by atoms with van der Waals surface area (Å²) in [4.78, 5) is 24.6. The van der Waals surface area contributed by atoms with Crippen LogP contribution in [0.2, 0.25) is 0 Å². The van der Waals surface area contributed by atoms with E-state index in [1.54, 1.807) is 19.2 Å². The van der Waals surface area contributed by atoms with E-state index in [9.17, 15) is 9.59 Å². The molecule has 2 rings (SSSR count). The van der Waals surface area contributed by atoms with Gasteiger partial charge in [0.15, 0.2) is 0 Å². The lowest BCUT2D eigenvalue weighted by Crippen LogP contribution is -2.38. The number of aromatic carboxylic acids is 1. The number of anilines is 1. The Kier molecular flexibility index (Phi) is 2.99. The number of amides is 1. The minimum atomic E-state index is -0.977. The van der Waals surface area contributed by atoms with E-state index in [0.29, 0.717) is 11.3 Å². The largest absolute Gasteiger partial charge is 0.478 e. The molecule has 1 fully saturated rings. The standard InChI is InChI=1S/C12H14N2O3/c1-13-11(15)9-4-3-8(12(16)17)7-10(9)14-5-2-6-14/h3-4,7H,2,5-6H2,1H3,(H,13,15)(H,16,17). The molecule has 1 aliphatic heterocycles. The van der Waals surface area contributed by atoms with Gasteiger partial charge < -0.3 is 15.3 Å². The molecule has 1 aromatic carbocycles. The van der Waals surface area contributed by atoms with Gasteiger partial charge in [-0.25, -0.2) is 4.79 Å². The summed E-state index contributed by atoms with van der Waals surface area (Å²) in [5.74, 6) is -1.17. The van der Waals surface area contributed by atoms with Gasteiger partial charge >= 0.3 is 5.97 Å². The lowest BCUT2D eigenvalue weighted by atomic mass is 10.0. The van der Waals surface area contributed by atoms with Gasteiger partial charge in [0.2, 0.25) is 0 Å². The number of benzene rings is 1. The first-order valence-electron chi connectivity index (χ1n) is 5.48. The third kappa shape index (κ3) is 2.08. The van der Waals surface area contributed by atoms with E-state index >= 15 is 0 Å². The van der Waals surface area contributed by atoms with E-state index in [4.69, 9.17) is 5.11 Å². The van der Waals surface area contributed by atoms with E-state index in [1.165, 1.54) is 6.07 Å². The number of carboxylic acids is 1. The first-order valence-corrected chi connectivity index (χ1v) is 5.48. The molecule has 5 nitrogen and oxygen atoms in total. The Morgan fingerprint density at radius 3 is 2.53 bits per heavy atom. The highest BCUT2D eigenvalue weighted by Gasteiger charge is 2.22. The van der Waals surface area contributed by atoms with E-state index in [-0.39, 0.29) is 11.5 Å². The van der Waals surface area contributed by atoms with Crippen LogP contribution in [0.5, 0.6) is 0 Å². The van der Waals surface area contributed by atoms with Gasteiger partial charge in [-0.1, -0.05) is 0 Å². The average Bonchev–Trinajstić information content (AvgIpc) is 2.25. The monoisotopic (exact) mass is 234 g/mol. The third-order valence-corrected chi connectivity index (χ3v) is 2.91. The molecule has 5 heteroatoms. The summed E-state index contributed by atoms with van der Waals surface area (Å²) < 4.78 is 0. The third-order valence-electron chi connectivity index (χ3n) is 2.91. The maximum Gasteiger partial charge on any atom is 0.335 e. The number of hydrogen-bond acceptors (Lipinski definition) is 3. The predicted octanol–water partition coefficient (Wildman–Crippen LogP) is 0.955. The van der Waals surface area contributed by atoms with Crippen molar-refractivity contribution in [2.45, 2.75) is 6.42 Å². The zero-order valence-corrected chi connectivity index (χ0v) is 9.56. The number of rotatable bonds is 3. The first kappa shape index (κ1) is 11.4. The van der Waals surface area contributed by atoms with E-state index < -0.39 is 5.97 Å². The summed E-state index contributed by atoms with van der Waals surface area (Å²) in [5.41, 5.74) is 1.44. The van der Waals surface area contributed by atoms with Crippen LogP contribution in [-0.4, -0.2) is 37.1 Å². The van der Waals surface area contributed by atoms with Crippen molar-refractivity contribution in [3.63, 3.8) is 0 Å². The van der Waals surface area contributed by atoms with Crippen molar-refractivity contribution in [3.8, 4) is 0 Å². The smallest absolute Gasteiger partial charge is 0.335 e. The zero-order chi connectivity index (χ0) is 12.4.